The first-order chi connectivity index (χ1) is 9.61. The number of anilines is 2. The molecule has 0 fully saturated rings. The Bertz CT molecular complexity index is 588. The highest BCUT2D eigenvalue weighted by Gasteiger charge is 2.10. The Morgan fingerprint density at radius 3 is 2.45 bits per heavy atom. The van der Waals surface area contributed by atoms with Crippen LogP contribution < -0.4 is 10.6 Å². The van der Waals surface area contributed by atoms with Gasteiger partial charge in [0.05, 0.1) is 10.7 Å². The molecule has 4 heteroatoms. The first kappa shape index (κ1) is 14.4. The molecule has 2 N–H and O–H groups in total. The second-order valence-electron chi connectivity index (χ2n) is 4.49. The van der Waals surface area contributed by atoms with Gasteiger partial charge in [0.2, 0.25) is 0 Å². The summed E-state index contributed by atoms with van der Waals surface area (Å²) in [6.07, 6.45) is 0. The third-order valence-corrected chi connectivity index (χ3v) is 3.30. The van der Waals surface area contributed by atoms with Crippen LogP contribution in [0.25, 0.3) is 0 Å². The van der Waals surface area contributed by atoms with Gasteiger partial charge in [-0.2, -0.15) is 0 Å². The monoisotopic (exact) mass is 288 g/mol. The highest BCUT2D eigenvalue weighted by molar-refractivity contribution is 6.34. The summed E-state index contributed by atoms with van der Waals surface area (Å²) in [5, 5.41) is 6.59. The molecule has 2 aromatic rings. The zero-order valence-corrected chi connectivity index (χ0v) is 12.3. The molecular formula is C16H17ClN2O. The van der Waals surface area contributed by atoms with Crippen molar-refractivity contribution in [3.05, 3.63) is 58.6 Å². The van der Waals surface area contributed by atoms with Crippen LogP contribution in [-0.2, 0) is 0 Å². The third kappa shape index (κ3) is 3.31. The molecule has 0 atom stereocenters. The van der Waals surface area contributed by atoms with Crippen molar-refractivity contribution >= 4 is 28.9 Å². The Kier molecular flexibility index (Phi) is 4.64. The average molecular weight is 289 g/mol. The van der Waals surface area contributed by atoms with Gasteiger partial charge in [0.25, 0.3) is 5.91 Å². The van der Waals surface area contributed by atoms with Crippen molar-refractivity contribution in [3.8, 4) is 0 Å². The fourth-order valence-electron chi connectivity index (χ4n) is 1.92. The van der Waals surface area contributed by atoms with E-state index < -0.39 is 0 Å². The second-order valence-corrected chi connectivity index (χ2v) is 4.90. The maximum absolute atomic E-state index is 12.2. The molecule has 0 heterocycles. The SMILES string of the molecule is CCNc1ccc(C(=O)Nc2c(C)cccc2Cl)cc1. The van der Waals surface area contributed by atoms with Crippen molar-refractivity contribution in [3.63, 3.8) is 0 Å². The summed E-state index contributed by atoms with van der Waals surface area (Å²) < 4.78 is 0. The van der Waals surface area contributed by atoms with Gasteiger partial charge < -0.3 is 10.6 Å². The summed E-state index contributed by atoms with van der Waals surface area (Å²) in [7, 11) is 0. The second kappa shape index (κ2) is 6.44. The van der Waals surface area contributed by atoms with E-state index in [0.29, 0.717) is 16.3 Å². The van der Waals surface area contributed by atoms with Gasteiger partial charge in [0.1, 0.15) is 0 Å². The average Bonchev–Trinajstić information content (AvgIpc) is 2.44. The largest absolute Gasteiger partial charge is 0.385 e. The van der Waals surface area contributed by atoms with Crippen LogP contribution in [0.2, 0.25) is 5.02 Å². The van der Waals surface area contributed by atoms with Crippen LogP contribution in [0.1, 0.15) is 22.8 Å². The highest BCUT2D eigenvalue weighted by atomic mass is 35.5. The summed E-state index contributed by atoms with van der Waals surface area (Å²) >= 11 is 6.10. The van der Waals surface area contributed by atoms with Gasteiger partial charge >= 0.3 is 0 Å². The van der Waals surface area contributed by atoms with Gasteiger partial charge in [-0.3, -0.25) is 4.79 Å². The molecule has 0 aliphatic heterocycles. The van der Waals surface area contributed by atoms with Gasteiger partial charge in [-0.05, 0) is 49.7 Å². The minimum atomic E-state index is -0.163. The molecule has 0 aromatic heterocycles. The van der Waals surface area contributed by atoms with Gasteiger partial charge in [0.15, 0.2) is 0 Å². The molecule has 20 heavy (non-hydrogen) atoms. The molecule has 0 bridgehead atoms. The normalized spacial score (nSPS) is 10.2. The van der Waals surface area contributed by atoms with Crippen LogP contribution in [0.5, 0.6) is 0 Å². The fraction of sp³-hybridized carbons (Fsp3) is 0.188. The maximum atomic E-state index is 12.2. The first-order valence-electron chi connectivity index (χ1n) is 6.52. The quantitative estimate of drug-likeness (QED) is 0.879. The molecule has 104 valence electrons. The maximum Gasteiger partial charge on any atom is 0.255 e. The van der Waals surface area contributed by atoms with Crippen molar-refractivity contribution < 1.29 is 4.79 Å². The smallest absolute Gasteiger partial charge is 0.255 e. The number of benzene rings is 2. The lowest BCUT2D eigenvalue weighted by molar-refractivity contribution is 0.102. The Morgan fingerprint density at radius 1 is 1.15 bits per heavy atom. The number of carbonyl (C=O) groups is 1. The Labute approximate surface area is 124 Å². The fourth-order valence-corrected chi connectivity index (χ4v) is 2.19. The van der Waals surface area contributed by atoms with Crippen LogP contribution in [-0.4, -0.2) is 12.5 Å². The van der Waals surface area contributed by atoms with Crippen molar-refractivity contribution in [2.45, 2.75) is 13.8 Å². The van der Waals surface area contributed by atoms with Crippen molar-refractivity contribution in [1.82, 2.24) is 0 Å². The number of halogens is 1. The molecule has 2 rings (SSSR count). The predicted molar refractivity (Wildman–Crippen MR) is 84.7 cm³/mol. The number of rotatable bonds is 4. The molecule has 0 spiro atoms. The lowest BCUT2D eigenvalue weighted by Gasteiger charge is -2.10. The van der Waals surface area contributed by atoms with Crippen molar-refractivity contribution in [2.24, 2.45) is 0 Å². The van der Waals surface area contributed by atoms with Crippen molar-refractivity contribution in [1.29, 1.82) is 0 Å². The van der Waals surface area contributed by atoms with E-state index in [1.807, 2.05) is 38.1 Å². The van der Waals surface area contributed by atoms with Gasteiger partial charge in [0, 0.05) is 17.8 Å². The molecule has 0 unspecified atom stereocenters. The van der Waals surface area contributed by atoms with Crippen LogP contribution in [0.15, 0.2) is 42.5 Å². The molecule has 2 aromatic carbocycles. The molecule has 1 amide bonds. The summed E-state index contributed by atoms with van der Waals surface area (Å²) in [4.78, 5) is 12.2. The van der Waals surface area contributed by atoms with Gasteiger partial charge in [-0.25, -0.2) is 0 Å². The molecule has 0 saturated heterocycles. The zero-order valence-electron chi connectivity index (χ0n) is 11.5. The van der Waals surface area contributed by atoms with Crippen LogP contribution in [0, 0.1) is 6.92 Å². The Hall–Kier alpha value is -2.00. The molecule has 0 saturated carbocycles. The Morgan fingerprint density at radius 2 is 1.85 bits per heavy atom. The van der Waals surface area contributed by atoms with Crippen LogP contribution in [0.3, 0.4) is 0 Å². The van der Waals surface area contributed by atoms with Gasteiger partial charge in [-0.1, -0.05) is 23.7 Å². The molecule has 0 aliphatic carbocycles. The predicted octanol–water partition coefficient (Wildman–Crippen LogP) is 4.33. The number of hydrogen-bond acceptors (Lipinski definition) is 2. The standard InChI is InChI=1S/C16H17ClN2O/c1-3-18-13-9-7-12(8-10-13)16(20)19-15-11(2)5-4-6-14(15)17/h4-10,18H,3H2,1-2H3,(H,19,20). The number of para-hydroxylation sites is 1. The summed E-state index contributed by atoms with van der Waals surface area (Å²) in [5.74, 6) is -0.163. The Balaban J connectivity index is 2.16. The first-order valence-corrected chi connectivity index (χ1v) is 6.90. The van der Waals surface area contributed by atoms with E-state index in [4.69, 9.17) is 11.6 Å². The summed E-state index contributed by atoms with van der Waals surface area (Å²) in [5.41, 5.74) is 3.20. The number of nitrogens with one attached hydrogen (secondary N) is 2. The van der Waals surface area contributed by atoms with E-state index in [0.717, 1.165) is 17.8 Å². The zero-order chi connectivity index (χ0) is 14.5. The van der Waals surface area contributed by atoms with Gasteiger partial charge in [-0.15, -0.1) is 0 Å². The number of hydrogen-bond donors (Lipinski definition) is 2. The summed E-state index contributed by atoms with van der Waals surface area (Å²) in [6.45, 7) is 4.79. The molecule has 3 nitrogen and oxygen atoms in total. The van der Waals surface area contributed by atoms with E-state index >= 15 is 0 Å². The van der Waals surface area contributed by atoms with E-state index in [1.165, 1.54) is 0 Å². The lowest BCUT2D eigenvalue weighted by atomic mass is 10.1. The minimum Gasteiger partial charge on any atom is -0.385 e. The molecule has 0 aliphatic rings. The van der Waals surface area contributed by atoms with Crippen molar-refractivity contribution in [2.75, 3.05) is 17.2 Å². The molecular weight excluding hydrogens is 272 g/mol. The third-order valence-electron chi connectivity index (χ3n) is 2.99. The minimum absolute atomic E-state index is 0.163. The molecule has 0 radical (unpaired) electrons. The van der Waals surface area contributed by atoms with Crippen LogP contribution >= 0.6 is 11.6 Å². The van der Waals surface area contributed by atoms with Crippen LogP contribution in [0.4, 0.5) is 11.4 Å². The number of aryl methyl sites for hydroxylation is 1. The highest BCUT2D eigenvalue weighted by Crippen LogP contribution is 2.25. The number of amides is 1. The van der Waals surface area contributed by atoms with E-state index in [9.17, 15) is 4.79 Å². The topological polar surface area (TPSA) is 41.1 Å². The summed E-state index contributed by atoms with van der Waals surface area (Å²) in [6, 6.07) is 12.9. The van der Waals surface area contributed by atoms with E-state index in [1.54, 1.807) is 18.2 Å². The number of carbonyl (C=O) groups excluding carboxylic acids is 1. The van der Waals surface area contributed by atoms with E-state index in [-0.39, 0.29) is 5.91 Å². The lowest BCUT2D eigenvalue weighted by Crippen LogP contribution is -2.13. The van der Waals surface area contributed by atoms with E-state index in [2.05, 4.69) is 10.6 Å².